The van der Waals surface area contributed by atoms with Gasteiger partial charge < -0.3 is 16.2 Å². The summed E-state index contributed by atoms with van der Waals surface area (Å²) in [6, 6.07) is 8.95. The molecule has 4 N–H and O–H groups in total. The quantitative estimate of drug-likeness (QED) is 0.736. The van der Waals surface area contributed by atoms with Gasteiger partial charge >= 0.3 is 5.97 Å². The second-order valence-electron chi connectivity index (χ2n) is 5.63. The van der Waals surface area contributed by atoms with E-state index < -0.39 is 23.3 Å². The van der Waals surface area contributed by atoms with Crippen LogP contribution in [0.1, 0.15) is 32.4 Å². The van der Waals surface area contributed by atoms with Crippen molar-refractivity contribution >= 4 is 11.9 Å². The maximum atomic E-state index is 12.0. The molecule has 0 spiro atoms. The molecule has 2 atom stereocenters. The Balaban J connectivity index is 2.62. The largest absolute Gasteiger partial charge is 0.481 e. The SMILES string of the molecule is CC(C(=O)NCC(C)(C)C(=O)O)C(N)c1ccccc1. The van der Waals surface area contributed by atoms with E-state index in [0.29, 0.717) is 0 Å². The summed E-state index contributed by atoms with van der Waals surface area (Å²) in [5.74, 6) is -1.62. The first-order valence-electron chi connectivity index (χ1n) is 6.57. The smallest absolute Gasteiger partial charge is 0.310 e. The van der Waals surface area contributed by atoms with Gasteiger partial charge in [0.2, 0.25) is 5.91 Å². The molecule has 0 aliphatic rings. The number of carboxylic acids is 1. The number of carbonyl (C=O) groups is 2. The van der Waals surface area contributed by atoms with Crippen molar-refractivity contribution < 1.29 is 14.7 Å². The zero-order valence-electron chi connectivity index (χ0n) is 12.1. The maximum Gasteiger partial charge on any atom is 0.310 e. The van der Waals surface area contributed by atoms with Gasteiger partial charge in [-0.15, -0.1) is 0 Å². The first kappa shape index (κ1) is 16.2. The van der Waals surface area contributed by atoms with E-state index in [1.54, 1.807) is 20.8 Å². The molecule has 0 radical (unpaired) electrons. The normalized spacial score (nSPS) is 14.4. The molecule has 0 aromatic heterocycles. The molecule has 5 heteroatoms. The van der Waals surface area contributed by atoms with Crippen molar-refractivity contribution in [2.45, 2.75) is 26.8 Å². The lowest BCUT2D eigenvalue weighted by Crippen LogP contribution is -2.42. The minimum absolute atomic E-state index is 0.0764. The molecule has 1 aromatic carbocycles. The summed E-state index contributed by atoms with van der Waals surface area (Å²) in [7, 11) is 0. The monoisotopic (exact) mass is 278 g/mol. The molecule has 0 saturated heterocycles. The molecule has 1 rings (SSSR count). The van der Waals surface area contributed by atoms with Crippen LogP contribution in [-0.4, -0.2) is 23.5 Å². The standard InChI is InChI=1S/C15H22N2O3/c1-10(12(16)11-7-5-4-6-8-11)13(18)17-9-15(2,3)14(19)20/h4-8,10,12H,9,16H2,1-3H3,(H,17,18)(H,19,20). The topological polar surface area (TPSA) is 92.4 Å². The van der Waals surface area contributed by atoms with Crippen LogP contribution >= 0.6 is 0 Å². The number of benzene rings is 1. The molecule has 0 aliphatic heterocycles. The van der Waals surface area contributed by atoms with Crippen LogP contribution in [0.2, 0.25) is 0 Å². The van der Waals surface area contributed by atoms with Crippen molar-refractivity contribution in [1.82, 2.24) is 5.32 Å². The molecule has 0 fully saturated rings. The number of hydrogen-bond donors (Lipinski definition) is 3. The van der Waals surface area contributed by atoms with Gasteiger partial charge in [0, 0.05) is 12.6 Å². The molecule has 110 valence electrons. The zero-order chi connectivity index (χ0) is 15.3. The van der Waals surface area contributed by atoms with Gasteiger partial charge in [0.25, 0.3) is 0 Å². The third-order valence-electron chi connectivity index (χ3n) is 3.42. The van der Waals surface area contributed by atoms with E-state index in [1.807, 2.05) is 30.3 Å². The van der Waals surface area contributed by atoms with E-state index in [2.05, 4.69) is 5.32 Å². The fourth-order valence-electron chi connectivity index (χ4n) is 1.67. The third kappa shape index (κ3) is 4.06. The summed E-state index contributed by atoms with van der Waals surface area (Å²) < 4.78 is 0. The number of rotatable bonds is 6. The lowest BCUT2D eigenvalue weighted by atomic mass is 9.92. The number of nitrogens with two attached hydrogens (primary N) is 1. The Morgan fingerprint density at radius 1 is 1.30 bits per heavy atom. The van der Waals surface area contributed by atoms with Crippen LogP contribution in [0.15, 0.2) is 30.3 Å². The first-order chi connectivity index (χ1) is 9.25. The van der Waals surface area contributed by atoms with Gasteiger partial charge in [0.05, 0.1) is 11.3 Å². The van der Waals surface area contributed by atoms with Crippen LogP contribution in [-0.2, 0) is 9.59 Å². The average Bonchev–Trinajstić information content (AvgIpc) is 2.44. The molecular formula is C15H22N2O3. The fourth-order valence-corrected chi connectivity index (χ4v) is 1.67. The summed E-state index contributed by atoms with van der Waals surface area (Å²) in [5.41, 5.74) is 5.95. The van der Waals surface area contributed by atoms with Crippen molar-refractivity contribution in [3.05, 3.63) is 35.9 Å². The Hall–Kier alpha value is -1.88. The van der Waals surface area contributed by atoms with Crippen molar-refractivity contribution in [1.29, 1.82) is 0 Å². The van der Waals surface area contributed by atoms with Gasteiger partial charge in [0.15, 0.2) is 0 Å². The Morgan fingerprint density at radius 3 is 2.35 bits per heavy atom. The molecule has 0 bridgehead atoms. The summed E-state index contributed by atoms with van der Waals surface area (Å²) in [6.07, 6.45) is 0. The van der Waals surface area contributed by atoms with Crippen molar-refractivity contribution in [2.75, 3.05) is 6.54 Å². The van der Waals surface area contributed by atoms with Crippen molar-refractivity contribution in [2.24, 2.45) is 17.1 Å². The van der Waals surface area contributed by atoms with E-state index in [4.69, 9.17) is 10.8 Å². The van der Waals surface area contributed by atoms with Crippen LogP contribution in [0.4, 0.5) is 0 Å². The van der Waals surface area contributed by atoms with Crippen LogP contribution in [0.3, 0.4) is 0 Å². The van der Waals surface area contributed by atoms with Crippen molar-refractivity contribution in [3.8, 4) is 0 Å². The molecule has 0 saturated carbocycles. The maximum absolute atomic E-state index is 12.0. The minimum Gasteiger partial charge on any atom is -0.481 e. The van der Waals surface area contributed by atoms with Crippen LogP contribution in [0.5, 0.6) is 0 Å². The summed E-state index contributed by atoms with van der Waals surface area (Å²) >= 11 is 0. The third-order valence-corrected chi connectivity index (χ3v) is 3.42. The predicted molar refractivity (Wildman–Crippen MR) is 77.0 cm³/mol. The second-order valence-corrected chi connectivity index (χ2v) is 5.63. The highest BCUT2D eigenvalue weighted by atomic mass is 16.4. The van der Waals surface area contributed by atoms with Gasteiger partial charge in [-0.1, -0.05) is 37.3 Å². The highest BCUT2D eigenvalue weighted by Crippen LogP contribution is 2.20. The molecule has 0 heterocycles. The second kappa shape index (κ2) is 6.52. The Labute approximate surface area is 119 Å². The molecule has 20 heavy (non-hydrogen) atoms. The Bertz CT molecular complexity index is 471. The van der Waals surface area contributed by atoms with Gasteiger partial charge in [-0.05, 0) is 19.4 Å². The number of carbonyl (C=O) groups excluding carboxylic acids is 1. The van der Waals surface area contributed by atoms with E-state index in [0.717, 1.165) is 5.56 Å². The van der Waals surface area contributed by atoms with E-state index in [-0.39, 0.29) is 12.5 Å². The summed E-state index contributed by atoms with van der Waals surface area (Å²) in [5, 5.41) is 11.7. The molecule has 2 unspecified atom stereocenters. The Kier molecular flexibility index (Phi) is 5.27. The summed E-state index contributed by atoms with van der Waals surface area (Å²) in [6.45, 7) is 4.95. The average molecular weight is 278 g/mol. The molecule has 1 aromatic rings. The van der Waals surface area contributed by atoms with Gasteiger partial charge in [-0.25, -0.2) is 0 Å². The van der Waals surface area contributed by atoms with E-state index >= 15 is 0 Å². The number of aliphatic carboxylic acids is 1. The highest BCUT2D eigenvalue weighted by molar-refractivity contribution is 5.80. The minimum atomic E-state index is -0.994. The number of nitrogens with one attached hydrogen (secondary N) is 1. The highest BCUT2D eigenvalue weighted by Gasteiger charge is 2.29. The van der Waals surface area contributed by atoms with Gasteiger partial charge in [-0.3, -0.25) is 9.59 Å². The van der Waals surface area contributed by atoms with E-state index in [1.165, 1.54) is 0 Å². The lowest BCUT2D eigenvalue weighted by molar-refractivity contribution is -0.146. The Morgan fingerprint density at radius 2 is 1.85 bits per heavy atom. The van der Waals surface area contributed by atoms with Gasteiger partial charge in [-0.2, -0.15) is 0 Å². The first-order valence-corrected chi connectivity index (χ1v) is 6.57. The van der Waals surface area contributed by atoms with Crippen LogP contribution < -0.4 is 11.1 Å². The van der Waals surface area contributed by atoms with Crippen LogP contribution in [0.25, 0.3) is 0 Å². The molecular weight excluding hydrogens is 256 g/mol. The molecule has 5 nitrogen and oxygen atoms in total. The van der Waals surface area contributed by atoms with Crippen LogP contribution in [0, 0.1) is 11.3 Å². The number of carboxylic acid groups (broad SMARTS) is 1. The van der Waals surface area contributed by atoms with Gasteiger partial charge in [0.1, 0.15) is 0 Å². The number of amides is 1. The van der Waals surface area contributed by atoms with Crippen molar-refractivity contribution in [3.63, 3.8) is 0 Å². The number of hydrogen-bond acceptors (Lipinski definition) is 3. The summed E-state index contributed by atoms with van der Waals surface area (Å²) in [4.78, 5) is 23.0. The molecule has 0 aliphatic carbocycles. The zero-order valence-corrected chi connectivity index (χ0v) is 12.1. The van der Waals surface area contributed by atoms with E-state index in [9.17, 15) is 9.59 Å². The fraction of sp³-hybridized carbons (Fsp3) is 0.467. The lowest BCUT2D eigenvalue weighted by Gasteiger charge is -2.23. The molecule has 1 amide bonds. The predicted octanol–water partition coefficient (Wildman–Crippen LogP) is 1.55.